The van der Waals surface area contributed by atoms with Crippen LogP contribution in [0.15, 0.2) is 35.5 Å². The van der Waals surface area contributed by atoms with Crippen LogP contribution in [0.25, 0.3) is 0 Å². The SMILES string of the molecule is C=C(C)C1=C[C@]2(CC1)C(C)=CCC[C@@H]2C. The van der Waals surface area contributed by atoms with Crippen molar-refractivity contribution in [1.29, 1.82) is 0 Å². The van der Waals surface area contributed by atoms with E-state index in [9.17, 15) is 0 Å². The maximum absolute atomic E-state index is 4.08. The van der Waals surface area contributed by atoms with Crippen molar-refractivity contribution in [2.75, 3.05) is 0 Å². The van der Waals surface area contributed by atoms with E-state index in [0.29, 0.717) is 5.41 Å². The first-order valence-corrected chi connectivity index (χ1v) is 6.11. The molecule has 0 amide bonds. The van der Waals surface area contributed by atoms with E-state index < -0.39 is 0 Å². The summed E-state index contributed by atoms with van der Waals surface area (Å²) in [5, 5.41) is 0. The van der Waals surface area contributed by atoms with E-state index >= 15 is 0 Å². The smallest absolute Gasteiger partial charge is 0.0123 e. The lowest BCUT2D eigenvalue weighted by atomic mass is 9.66. The van der Waals surface area contributed by atoms with Crippen molar-refractivity contribution < 1.29 is 0 Å². The molecular weight excluding hydrogens is 180 g/mol. The molecule has 2 atom stereocenters. The predicted octanol–water partition coefficient (Wildman–Crippen LogP) is 4.65. The van der Waals surface area contributed by atoms with Crippen molar-refractivity contribution in [1.82, 2.24) is 0 Å². The summed E-state index contributed by atoms with van der Waals surface area (Å²) in [5.41, 5.74) is 4.73. The highest BCUT2D eigenvalue weighted by Gasteiger charge is 2.40. The van der Waals surface area contributed by atoms with Gasteiger partial charge in [-0.05, 0) is 51.0 Å². The summed E-state index contributed by atoms with van der Waals surface area (Å²) in [6.45, 7) is 10.9. The standard InChI is InChI=1S/C15H22/c1-11(2)14-8-9-15(10-14)12(3)6-5-7-13(15)4/h6,10,13H,1,5,7-9H2,2-4H3/t13-,15+/m0/s1. The molecule has 0 aliphatic heterocycles. The Morgan fingerprint density at radius 1 is 1.53 bits per heavy atom. The van der Waals surface area contributed by atoms with Crippen LogP contribution >= 0.6 is 0 Å². The number of hydrogen-bond acceptors (Lipinski definition) is 0. The predicted molar refractivity (Wildman–Crippen MR) is 66.7 cm³/mol. The van der Waals surface area contributed by atoms with E-state index in [4.69, 9.17) is 0 Å². The van der Waals surface area contributed by atoms with Crippen LogP contribution in [-0.4, -0.2) is 0 Å². The molecule has 0 nitrogen and oxygen atoms in total. The van der Waals surface area contributed by atoms with E-state index in [1.165, 1.54) is 36.8 Å². The number of rotatable bonds is 1. The second-order valence-electron chi connectivity index (χ2n) is 5.36. The topological polar surface area (TPSA) is 0 Å². The van der Waals surface area contributed by atoms with E-state index in [1.807, 2.05) is 0 Å². The van der Waals surface area contributed by atoms with Crippen LogP contribution in [0.1, 0.15) is 46.5 Å². The lowest BCUT2D eigenvalue weighted by Gasteiger charge is -2.38. The van der Waals surface area contributed by atoms with Crippen molar-refractivity contribution in [3.05, 3.63) is 35.5 Å². The van der Waals surface area contributed by atoms with Gasteiger partial charge in [0.15, 0.2) is 0 Å². The molecule has 0 saturated heterocycles. The van der Waals surface area contributed by atoms with E-state index in [0.717, 1.165) is 5.92 Å². The third-order valence-electron chi connectivity index (χ3n) is 4.45. The Labute approximate surface area is 93.8 Å². The van der Waals surface area contributed by atoms with Crippen molar-refractivity contribution in [3.8, 4) is 0 Å². The summed E-state index contributed by atoms with van der Waals surface area (Å²) in [7, 11) is 0. The van der Waals surface area contributed by atoms with Gasteiger partial charge in [0, 0.05) is 5.41 Å². The second kappa shape index (κ2) is 3.66. The summed E-state index contributed by atoms with van der Waals surface area (Å²) in [6, 6.07) is 0. The summed E-state index contributed by atoms with van der Waals surface area (Å²) in [4.78, 5) is 0. The fourth-order valence-corrected chi connectivity index (χ4v) is 3.22. The lowest BCUT2D eigenvalue weighted by Crippen LogP contribution is -2.28. The van der Waals surface area contributed by atoms with Crippen LogP contribution in [0.3, 0.4) is 0 Å². The Bertz CT molecular complexity index is 343. The molecular formula is C15H22. The first-order chi connectivity index (χ1) is 7.06. The van der Waals surface area contributed by atoms with Crippen LogP contribution in [0.2, 0.25) is 0 Å². The molecule has 0 unspecified atom stereocenters. The molecule has 0 aromatic carbocycles. The molecule has 15 heavy (non-hydrogen) atoms. The van der Waals surface area contributed by atoms with Gasteiger partial charge in [0.25, 0.3) is 0 Å². The van der Waals surface area contributed by atoms with Crippen molar-refractivity contribution in [3.63, 3.8) is 0 Å². The average Bonchev–Trinajstić information content (AvgIpc) is 2.61. The van der Waals surface area contributed by atoms with E-state index in [2.05, 4.69) is 39.5 Å². The van der Waals surface area contributed by atoms with Gasteiger partial charge in [-0.2, -0.15) is 0 Å². The second-order valence-corrected chi connectivity index (χ2v) is 5.36. The maximum Gasteiger partial charge on any atom is 0.0123 e. The van der Waals surface area contributed by atoms with Crippen LogP contribution in [-0.2, 0) is 0 Å². The highest BCUT2D eigenvalue weighted by Crippen LogP contribution is 2.52. The van der Waals surface area contributed by atoms with Gasteiger partial charge in [-0.3, -0.25) is 0 Å². The average molecular weight is 202 g/mol. The molecule has 2 rings (SSSR count). The van der Waals surface area contributed by atoms with Crippen molar-refractivity contribution in [2.45, 2.75) is 46.5 Å². The quantitative estimate of drug-likeness (QED) is 0.543. The molecule has 0 heterocycles. The van der Waals surface area contributed by atoms with Gasteiger partial charge < -0.3 is 0 Å². The molecule has 0 aromatic rings. The Morgan fingerprint density at radius 2 is 2.27 bits per heavy atom. The van der Waals surface area contributed by atoms with Gasteiger partial charge in [0.05, 0.1) is 0 Å². The molecule has 0 fully saturated rings. The molecule has 0 aromatic heterocycles. The zero-order chi connectivity index (χ0) is 11.1. The molecule has 0 bridgehead atoms. The van der Waals surface area contributed by atoms with Crippen molar-refractivity contribution >= 4 is 0 Å². The molecule has 0 radical (unpaired) electrons. The molecule has 2 aliphatic carbocycles. The van der Waals surface area contributed by atoms with Crippen LogP contribution in [0.4, 0.5) is 0 Å². The molecule has 2 aliphatic rings. The molecule has 1 spiro atoms. The Morgan fingerprint density at radius 3 is 2.80 bits per heavy atom. The first kappa shape index (κ1) is 10.7. The Hall–Kier alpha value is -0.780. The largest absolute Gasteiger partial charge is 0.0958 e. The molecule has 82 valence electrons. The summed E-state index contributed by atoms with van der Waals surface area (Å²) in [5.74, 6) is 0.805. The van der Waals surface area contributed by atoms with Gasteiger partial charge >= 0.3 is 0 Å². The van der Waals surface area contributed by atoms with E-state index in [-0.39, 0.29) is 0 Å². The minimum Gasteiger partial charge on any atom is -0.0958 e. The van der Waals surface area contributed by atoms with Crippen LogP contribution in [0.5, 0.6) is 0 Å². The minimum atomic E-state index is 0.381. The summed E-state index contributed by atoms with van der Waals surface area (Å²) < 4.78 is 0. The van der Waals surface area contributed by atoms with Gasteiger partial charge in [-0.1, -0.05) is 36.8 Å². The number of hydrogen-bond donors (Lipinski definition) is 0. The fourth-order valence-electron chi connectivity index (χ4n) is 3.22. The minimum absolute atomic E-state index is 0.381. The van der Waals surface area contributed by atoms with Crippen LogP contribution < -0.4 is 0 Å². The summed E-state index contributed by atoms with van der Waals surface area (Å²) in [6.07, 6.45) is 10.1. The van der Waals surface area contributed by atoms with Gasteiger partial charge in [0.1, 0.15) is 0 Å². The van der Waals surface area contributed by atoms with Crippen molar-refractivity contribution in [2.24, 2.45) is 11.3 Å². The van der Waals surface area contributed by atoms with E-state index in [1.54, 1.807) is 5.57 Å². The zero-order valence-electron chi connectivity index (χ0n) is 10.3. The highest BCUT2D eigenvalue weighted by atomic mass is 14.4. The molecule has 0 N–H and O–H groups in total. The van der Waals surface area contributed by atoms with Gasteiger partial charge in [0.2, 0.25) is 0 Å². The molecule has 0 heteroatoms. The monoisotopic (exact) mass is 202 g/mol. The van der Waals surface area contributed by atoms with Gasteiger partial charge in [-0.25, -0.2) is 0 Å². The normalized spacial score (nSPS) is 35.3. The number of allylic oxidation sites excluding steroid dienone is 5. The summed E-state index contributed by atoms with van der Waals surface area (Å²) >= 11 is 0. The zero-order valence-corrected chi connectivity index (χ0v) is 10.3. The molecule has 0 saturated carbocycles. The Kier molecular flexibility index (Phi) is 2.62. The fraction of sp³-hybridized carbons (Fsp3) is 0.600. The first-order valence-electron chi connectivity index (χ1n) is 6.11. The third kappa shape index (κ3) is 1.60. The third-order valence-corrected chi connectivity index (χ3v) is 4.45. The lowest BCUT2D eigenvalue weighted by molar-refractivity contribution is 0.265. The van der Waals surface area contributed by atoms with Gasteiger partial charge in [-0.15, -0.1) is 0 Å². The Balaban J connectivity index is 2.38. The highest BCUT2D eigenvalue weighted by molar-refractivity contribution is 5.39. The maximum atomic E-state index is 4.08. The van der Waals surface area contributed by atoms with Crippen LogP contribution in [0, 0.1) is 11.3 Å².